The van der Waals surface area contributed by atoms with Crippen LogP contribution < -0.4 is 5.32 Å². The zero-order valence-electron chi connectivity index (χ0n) is 9.95. The Hall–Kier alpha value is -1.36. The quantitative estimate of drug-likeness (QED) is 0.729. The van der Waals surface area contributed by atoms with Gasteiger partial charge < -0.3 is 10.2 Å². The molecule has 0 aromatic carbocycles. The Bertz CT molecular complexity index is 387. The summed E-state index contributed by atoms with van der Waals surface area (Å²) in [4.78, 5) is 14.2. The van der Waals surface area contributed by atoms with Crippen LogP contribution in [0, 0.1) is 6.92 Å². The van der Waals surface area contributed by atoms with Crippen LogP contribution in [-0.2, 0) is 0 Å². The number of nitrogens with one attached hydrogen (secondary N) is 2. The Morgan fingerprint density at radius 1 is 1.56 bits per heavy atom. The van der Waals surface area contributed by atoms with Crippen LogP contribution in [0.4, 0.5) is 0 Å². The zero-order valence-corrected chi connectivity index (χ0v) is 9.95. The van der Waals surface area contributed by atoms with Crippen molar-refractivity contribution in [3.63, 3.8) is 0 Å². The van der Waals surface area contributed by atoms with E-state index in [1.807, 2.05) is 11.8 Å². The molecule has 5 heteroatoms. The first-order valence-corrected chi connectivity index (χ1v) is 5.65. The molecule has 0 aliphatic carbocycles. The molecular formula is C11H18N4O. The summed E-state index contributed by atoms with van der Waals surface area (Å²) in [5.41, 5.74) is 1.52. The molecule has 2 atom stereocenters. The van der Waals surface area contributed by atoms with Crippen LogP contribution in [0.15, 0.2) is 6.20 Å². The van der Waals surface area contributed by atoms with Gasteiger partial charge in [-0.1, -0.05) is 0 Å². The summed E-state index contributed by atoms with van der Waals surface area (Å²) < 4.78 is 0. The maximum Gasteiger partial charge on any atom is 0.257 e. The molecule has 1 aliphatic rings. The molecule has 0 radical (unpaired) electrons. The first kappa shape index (κ1) is 11.1. The van der Waals surface area contributed by atoms with Crippen molar-refractivity contribution in [1.29, 1.82) is 0 Å². The van der Waals surface area contributed by atoms with E-state index in [4.69, 9.17) is 0 Å². The smallest absolute Gasteiger partial charge is 0.257 e. The van der Waals surface area contributed by atoms with E-state index in [0.29, 0.717) is 11.6 Å². The number of carbonyl (C=O) groups is 1. The molecule has 0 spiro atoms. The highest BCUT2D eigenvalue weighted by atomic mass is 16.2. The van der Waals surface area contributed by atoms with Crippen LogP contribution in [0.5, 0.6) is 0 Å². The van der Waals surface area contributed by atoms with Gasteiger partial charge in [0.05, 0.1) is 11.8 Å². The third-order valence-corrected chi connectivity index (χ3v) is 3.36. The molecule has 2 N–H and O–H groups in total. The van der Waals surface area contributed by atoms with Gasteiger partial charge in [-0.3, -0.25) is 9.89 Å². The molecule has 2 heterocycles. The van der Waals surface area contributed by atoms with E-state index in [2.05, 4.69) is 29.4 Å². The standard InChI is InChI=1S/C11H18N4O/c1-7-9(3)15(5-4-12-7)11(16)10-6-13-14-8(10)2/h6-7,9,12H,4-5H2,1-3H3,(H,13,14). The molecule has 0 saturated carbocycles. The van der Waals surface area contributed by atoms with Crippen molar-refractivity contribution in [2.75, 3.05) is 13.1 Å². The van der Waals surface area contributed by atoms with Crippen LogP contribution in [0.2, 0.25) is 0 Å². The molecular weight excluding hydrogens is 204 g/mol. The second-order valence-electron chi connectivity index (χ2n) is 4.39. The van der Waals surface area contributed by atoms with Crippen LogP contribution >= 0.6 is 0 Å². The Morgan fingerprint density at radius 2 is 2.31 bits per heavy atom. The highest BCUT2D eigenvalue weighted by Crippen LogP contribution is 2.14. The molecule has 1 amide bonds. The predicted octanol–water partition coefficient (Wildman–Crippen LogP) is 0.541. The Labute approximate surface area is 95.2 Å². The van der Waals surface area contributed by atoms with E-state index in [-0.39, 0.29) is 11.9 Å². The molecule has 1 aliphatic heterocycles. The average molecular weight is 222 g/mol. The van der Waals surface area contributed by atoms with Crippen molar-refractivity contribution in [3.05, 3.63) is 17.5 Å². The lowest BCUT2D eigenvalue weighted by Gasteiger charge is -2.38. The van der Waals surface area contributed by atoms with E-state index in [1.165, 1.54) is 0 Å². The summed E-state index contributed by atoms with van der Waals surface area (Å²) >= 11 is 0. The van der Waals surface area contributed by atoms with Crippen molar-refractivity contribution in [2.24, 2.45) is 0 Å². The van der Waals surface area contributed by atoms with Gasteiger partial charge in [-0.15, -0.1) is 0 Å². The van der Waals surface area contributed by atoms with Gasteiger partial charge in [-0.05, 0) is 20.8 Å². The SMILES string of the molecule is Cc1[nH]ncc1C(=O)N1CCNC(C)C1C. The van der Waals surface area contributed by atoms with Crippen molar-refractivity contribution in [2.45, 2.75) is 32.9 Å². The second kappa shape index (κ2) is 4.25. The van der Waals surface area contributed by atoms with Crippen LogP contribution in [0.3, 0.4) is 0 Å². The van der Waals surface area contributed by atoms with Crippen LogP contribution in [0.1, 0.15) is 29.9 Å². The Kier molecular flexibility index (Phi) is 2.96. The first-order valence-electron chi connectivity index (χ1n) is 5.65. The summed E-state index contributed by atoms with van der Waals surface area (Å²) in [6.07, 6.45) is 1.61. The molecule has 1 fully saturated rings. The number of piperazine rings is 1. The Balaban J connectivity index is 2.18. The number of aromatic nitrogens is 2. The van der Waals surface area contributed by atoms with Crippen molar-refractivity contribution >= 4 is 5.91 Å². The lowest BCUT2D eigenvalue weighted by molar-refractivity contribution is 0.0602. The number of rotatable bonds is 1. The molecule has 2 unspecified atom stereocenters. The van der Waals surface area contributed by atoms with E-state index >= 15 is 0 Å². The summed E-state index contributed by atoms with van der Waals surface area (Å²) in [5, 5.41) is 10.1. The van der Waals surface area contributed by atoms with E-state index in [1.54, 1.807) is 6.20 Å². The molecule has 0 bridgehead atoms. The summed E-state index contributed by atoms with van der Waals surface area (Å²) in [5.74, 6) is 0.0760. The molecule has 1 aromatic rings. The van der Waals surface area contributed by atoms with E-state index in [0.717, 1.165) is 18.8 Å². The molecule has 1 aromatic heterocycles. The molecule has 16 heavy (non-hydrogen) atoms. The largest absolute Gasteiger partial charge is 0.333 e. The van der Waals surface area contributed by atoms with Crippen molar-refractivity contribution < 1.29 is 4.79 Å². The average Bonchev–Trinajstić information content (AvgIpc) is 2.68. The number of hydrogen-bond acceptors (Lipinski definition) is 3. The lowest BCUT2D eigenvalue weighted by Crippen LogP contribution is -2.57. The molecule has 88 valence electrons. The fraction of sp³-hybridized carbons (Fsp3) is 0.636. The Morgan fingerprint density at radius 3 is 2.94 bits per heavy atom. The first-order chi connectivity index (χ1) is 7.61. The maximum atomic E-state index is 12.3. The molecule has 2 rings (SSSR count). The van der Waals surface area contributed by atoms with Gasteiger partial charge in [0.1, 0.15) is 0 Å². The number of aromatic amines is 1. The summed E-state index contributed by atoms with van der Waals surface area (Å²) in [6, 6.07) is 0.556. The minimum atomic E-state index is 0.0760. The third kappa shape index (κ3) is 1.82. The van der Waals surface area contributed by atoms with Gasteiger partial charge in [-0.2, -0.15) is 5.10 Å². The molecule has 5 nitrogen and oxygen atoms in total. The van der Waals surface area contributed by atoms with Crippen LogP contribution in [-0.4, -0.2) is 46.2 Å². The highest BCUT2D eigenvalue weighted by Gasteiger charge is 2.29. The minimum absolute atomic E-state index is 0.0760. The fourth-order valence-corrected chi connectivity index (χ4v) is 2.06. The summed E-state index contributed by atoms with van der Waals surface area (Å²) in [7, 11) is 0. The normalized spacial score (nSPS) is 25.8. The van der Waals surface area contributed by atoms with E-state index in [9.17, 15) is 4.79 Å². The highest BCUT2D eigenvalue weighted by molar-refractivity contribution is 5.95. The van der Waals surface area contributed by atoms with E-state index < -0.39 is 0 Å². The number of amides is 1. The fourth-order valence-electron chi connectivity index (χ4n) is 2.06. The van der Waals surface area contributed by atoms with Gasteiger partial charge in [-0.25, -0.2) is 0 Å². The number of H-pyrrole nitrogens is 1. The van der Waals surface area contributed by atoms with Gasteiger partial charge in [0.15, 0.2) is 0 Å². The second-order valence-corrected chi connectivity index (χ2v) is 4.39. The zero-order chi connectivity index (χ0) is 11.7. The maximum absolute atomic E-state index is 12.3. The monoisotopic (exact) mass is 222 g/mol. The van der Waals surface area contributed by atoms with Crippen LogP contribution in [0.25, 0.3) is 0 Å². The minimum Gasteiger partial charge on any atom is -0.333 e. The molecule has 1 saturated heterocycles. The topological polar surface area (TPSA) is 61.0 Å². The predicted molar refractivity (Wildman–Crippen MR) is 61.3 cm³/mol. The van der Waals surface area contributed by atoms with Gasteiger partial charge in [0.25, 0.3) is 5.91 Å². The number of carbonyl (C=O) groups excluding carboxylic acids is 1. The lowest BCUT2D eigenvalue weighted by atomic mass is 10.1. The number of hydrogen-bond donors (Lipinski definition) is 2. The number of nitrogens with zero attached hydrogens (tertiary/aromatic N) is 2. The van der Waals surface area contributed by atoms with Gasteiger partial charge in [0.2, 0.25) is 0 Å². The van der Waals surface area contributed by atoms with Gasteiger partial charge in [0, 0.05) is 30.9 Å². The number of aryl methyl sites for hydroxylation is 1. The third-order valence-electron chi connectivity index (χ3n) is 3.36. The van der Waals surface area contributed by atoms with Crippen molar-refractivity contribution in [3.8, 4) is 0 Å². The van der Waals surface area contributed by atoms with Crippen molar-refractivity contribution in [1.82, 2.24) is 20.4 Å². The summed E-state index contributed by atoms with van der Waals surface area (Å²) in [6.45, 7) is 7.66. The van der Waals surface area contributed by atoms with Gasteiger partial charge >= 0.3 is 0 Å².